The molecule has 4 aromatic rings. The topological polar surface area (TPSA) is 103 Å². The molecule has 0 aliphatic rings. The summed E-state index contributed by atoms with van der Waals surface area (Å²) in [5.74, 6) is 0. The van der Waals surface area contributed by atoms with Gasteiger partial charge in [0.2, 0.25) is 0 Å². The predicted octanol–water partition coefficient (Wildman–Crippen LogP) is 6.02. The number of aryl methyl sites for hydroxylation is 1. The lowest BCUT2D eigenvalue weighted by Gasteiger charge is -2.20. The normalized spacial score (nSPS) is 12.4. The standard InChI is InChI=1S/C26H26ClN3O5S/c1-17-5-9-22(10-6-17)36(32,33)30-21(16-28-25(31)35-26(2,3)4)13-19-14-23(27)18(15-24(19)30)7-8-20-11-12-34-29-20/h5-15H,16H2,1-4H3,(H,28,31)/b8-7+. The lowest BCUT2D eigenvalue weighted by molar-refractivity contribution is 0.0522. The molecule has 0 unspecified atom stereocenters. The molecule has 2 aromatic heterocycles. The number of hydrogen-bond donors (Lipinski definition) is 1. The molecule has 0 saturated heterocycles. The second kappa shape index (κ2) is 9.83. The van der Waals surface area contributed by atoms with Crippen molar-refractivity contribution in [2.45, 2.75) is 44.7 Å². The van der Waals surface area contributed by atoms with E-state index in [1.807, 2.05) is 6.92 Å². The first-order valence-corrected chi connectivity index (χ1v) is 13.0. The van der Waals surface area contributed by atoms with Crippen LogP contribution in [0, 0.1) is 6.92 Å². The molecular weight excluding hydrogens is 502 g/mol. The van der Waals surface area contributed by atoms with E-state index in [0.717, 1.165) is 5.56 Å². The lowest BCUT2D eigenvalue weighted by Crippen LogP contribution is -2.33. The van der Waals surface area contributed by atoms with Crippen molar-refractivity contribution in [3.8, 4) is 0 Å². The molecule has 0 bridgehead atoms. The maximum Gasteiger partial charge on any atom is 0.407 e. The van der Waals surface area contributed by atoms with Crippen molar-refractivity contribution in [3.63, 3.8) is 0 Å². The minimum atomic E-state index is -4.01. The summed E-state index contributed by atoms with van der Waals surface area (Å²) in [5.41, 5.74) is 2.20. The largest absolute Gasteiger partial charge is 0.444 e. The first-order valence-electron chi connectivity index (χ1n) is 11.2. The molecule has 0 aliphatic carbocycles. The Balaban J connectivity index is 1.82. The van der Waals surface area contributed by atoms with E-state index in [1.165, 1.54) is 10.2 Å². The highest BCUT2D eigenvalue weighted by Gasteiger charge is 2.25. The summed E-state index contributed by atoms with van der Waals surface area (Å²) in [4.78, 5) is 12.4. The van der Waals surface area contributed by atoms with Gasteiger partial charge in [-0.2, -0.15) is 0 Å². The number of carbonyl (C=O) groups excluding carboxylic acids is 1. The van der Waals surface area contributed by atoms with Gasteiger partial charge in [0.1, 0.15) is 17.6 Å². The highest BCUT2D eigenvalue weighted by molar-refractivity contribution is 7.90. The van der Waals surface area contributed by atoms with Crippen LogP contribution < -0.4 is 5.32 Å². The maximum absolute atomic E-state index is 13.8. The second-order valence-corrected chi connectivity index (χ2v) is 11.5. The van der Waals surface area contributed by atoms with E-state index < -0.39 is 21.7 Å². The van der Waals surface area contributed by atoms with Crippen LogP contribution >= 0.6 is 11.6 Å². The summed E-state index contributed by atoms with van der Waals surface area (Å²) in [7, 11) is -4.01. The van der Waals surface area contributed by atoms with Crippen LogP contribution in [0.3, 0.4) is 0 Å². The molecular formula is C26H26ClN3O5S. The Morgan fingerprint density at radius 1 is 1.14 bits per heavy atom. The summed E-state index contributed by atoms with van der Waals surface area (Å²) in [6, 6.07) is 13.4. The van der Waals surface area contributed by atoms with E-state index in [4.69, 9.17) is 20.9 Å². The fourth-order valence-corrected chi connectivity index (χ4v) is 5.36. The van der Waals surface area contributed by atoms with Gasteiger partial charge in [0.25, 0.3) is 10.0 Å². The van der Waals surface area contributed by atoms with Crippen molar-refractivity contribution in [1.29, 1.82) is 0 Å². The number of halogens is 1. The van der Waals surface area contributed by atoms with E-state index in [2.05, 4.69) is 10.5 Å². The van der Waals surface area contributed by atoms with Crippen LogP contribution in [0.1, 0.15) is 43.3 Å². The quantitative estimate of drug-likeness (QED) is 0.328. The number of aromatic nitrogens is 2. The Bertz CT molecular complexity index is 1530. The maximum atomic E-state index is 13.8. The number of fused-ring (bicyclic) bond motifs is 1. The van der Waals surface area contributed by atoms with Crippen molar-refractivity contribution in [2.75, 3.05) is 0 Å². The molecule has 36 heavy (non-hydrogen) atoms. The fraction of sp³-hybridized carbons (Fsp3) is 0.231. The van der Waals surface area contributed by atoms with Crippen LogP contribution in [-0.2, 0) is 21.3 Å². The van der Waals surface area contributed by atoms with E-state index in [1.54, 1.807) is 81.5 Å². The average molecular weight is 528 g/mol. The molecule has 4 rings (SSSR count). The number of amides is 1. The average Bonchev–Trinajstić information content (AvgIpc) is 3.43. The molecule has 8 nitrogen and oxygen atoms in total. The first kappa shape index (κ1) is 25.5. The molecule has 0 radical (unpaired) electrons. The van der Waals surface area contributed by atoms with Crippen molar-refractivity contribution in [2.24, 2.45) is 0 Å². The number of rotatable bonds is 6. The molecule has 2 aromatic carbocycles. The number of alkyl carbamates (subject to hydrolysis) is 1. The van der Waals surface area contributed by atoms with E-state index in [9.17, 15) is 13.2 Å². The molecule has 2 heterocycles. The number of nitrogens with one attached hydrogen (secondary N) is 1. The van der Waals surface area contributed by atoms with Gasteiger partial charge in [0, 0.05) is 16.5 Å². The third-order valence-corrected chi connectivity index (χ3v) is 7.32. The molecule has 188 valence electrons. The van der Waals surface area contributed by atoms with Gasteiger partial charge in [-0.1, -0.05) is 40.5 Å². The number of hydrogen-bond acceptors (Lipinski definition) is 6. The zero-order valence-electron chi connectivity index (χ0n) is 20.3. The van der Waals surface area contributed by atoms with Gasteiger partial charge < -0.3 is 14.6 Å². The van der Waals surface area contributed by atoms with Gasteiger partial charge in [-0.25, -0.2) is 17.2 Å². The molecule has 10 heteroatoms. The number of nitrogens with zero attached hydrogens (tertiary/aromatic N) is 2. The Morgan fingerprint density at radius 2 is 1.86 bits per heavy atom. The monoisotopic (exact) mass is 527 g/mol. The Morgan fingerprint density at radius 3 is 2.50 bits per heavy atom. The van der Waals surface area contributed by atoms with E-state index >= 15 is 0 Å². The first-order chi connectivity index (χ1) is 16.9. The van der Waals surface area contributed by atoms with Gasteiger partial charge in [0.05, 0.1) is 22.7 Å². The number of carbonyl (C=O) groups is 1. The molecule has 0 atom stereocenters. The summed E-state index contributed by atoms with van der Waals surface area (Å²) in [6.45, 7) is 7.06. The van der Waals surface area contributed by atoms with Gasteiger partial charge in [-0.15, -0.1) is 0 Å². The zero-order chi connectivity index (χ0) is 26.1. The SMILES string of the molecule is Cc1ccc(S(=O)(=O)n2c(CNC(=O)OC(C)(C)C)cc3cc(Cl)c(/C=C/c4ccon4)cc32)cc1. The Hall–Kier alpha value is -3.56. The predicted molar refractivity (Wildman–Crippen MR) is 139 cm³/mol. The van der Waals surface area contributed by atoms with Crippen molar-refractivity contribution >= 4 is 50.8 Å². The number of benzene rings is 2. The minimum absolute atomic E-state index is 0.0730. The molecule has 0 aliphatic heterocycles. The van der Waals surface area contributed by atoms with Gasteiger partial charge in [-0.3, -0.25) is 0 Å². The summed E-state index contributed by atoms with van der Waals surface area (Å²) in [5, 5.41) is 7.53. The van der Waals surface area contributed by atoms with Crippen LogP contribution in [0.5, 0.6) is 0 Å². The molecule has 0 spiro atoms. The third-order valence-electron chi connectivity index (χ3n) is 5.21. The zero-order valence-corrected chi connectivity index (χ0v) is 21.9. The summed E-state index contributed by atoms with van der Waals surface area (Å²) in [6.07, 6.45) is 4.24. The van der Waals surface area contributed by atoms with Gasteiger partial charge in [0.15, 0.2) is 0 Å². The number of ether oxygens (including phenoxy) is 1. The van der Waals surface area contributed by atoms with Crippen molar-refractivity contribution in [3.05, 3.63) is 82.3 Å². The van der Waals surface area contributed by atoms with Crippen LogP contribution in [0.2, 0.25) is 5.02 Å². The van der Waals surface area contributed by atoms with Crippen LogP contribution in [0.4, 0.5) is 4.79 Å². The molecule has 1 amide bonds. The smallest absolute Gasteiger partial charge is 0.407 e. The Kier molecular flexibility index (Phi) is 6.97. The molecule has 1 N–H and O–H groups in total. The molecule has 0 fully saturated rings. The van der Waals surface area contributed by atoms with Crippen molar-refractivity contribution < 1.29 is 22.5 Å². The summed E-state index contributed by atoms with van der Waals surface area (Å²) < 4.78 is 39.0. The molecule has 0 saturated carbocycles. The third kappa shape index (κ3) is 5.63. The van der Waals surface area contributed by atoms with Crippen LogP contribution in [0.25, 0.3) is 23.1 Å². The van der Waals surface area contributed by atoms with Crippen molar-refractivity contribution in [1.82, 2.24) is 14.4 Å². The second-order valence-electron chi connectivity index (χ2n) is 9.26. The fourth-order valence-electron chi connectivity index (χ4n) is 3.59. The van der Waals surface area contributed by atoms with E-state index in [-0.39, 0.29) is 11.4 Å². The van der Waals surface area contributed by atoms with Crippen LogP contribution in [-0.4, -0.2) is 29.2 Å². The van der Waals surface area contributed by atoms with Gasteiger partial charge in [-0.05, 0) is 69.7 Å². The highest BCUT2D eigenvalue weighted by Crippen LogP contribution is 2.31. The summed E-state index contributed by atoms with van der Waals surface area (Å²) >= 11 is 6.51. The minimum Gasteiger partial charge on any atom is -0.444 e. The Labute approximate surface area is 214 Å². The lowest BCUT2D eigenvalue weighted by atomic mass is 10.1. The van der Waals surface area contributed by atoms with E-state index in [0.29, 0.717) is 32.9 Å². The van der Waals surface area contributed by atoms with Crippen LogP contribution in [0.15, 0.2) is 64.2 Å². The van der Waals surface area contributed by atoms with Gasteiger partial charge >= 0.3 is 6.09 Å². The highest BCUT2D eigenvalue weighted by atomic mass is 35.5.